The van der Waals surface area contributed by atoms with E-state index in [1.165, 1.54) is 6.92 Å². The van der Waals surface area contributed by atoms with Crippen molar-refractivity contribution in [3.8, 4) is 0 Å². The van der Waals surface area contributed by atoms with Crippen molar-refractivity contribution in [2.75, 3.05) is 6.54 Å². The number of nitrogens with one attached hydrogen (secondary N) is 2. The fraction of sp³-hybridized carbons (Fsp3) is 0.333. The molecule has 0 aliphatic rings. The summed E-state index contributed by atoms with van der Waals surface area (Å²) in [7, 11) is 0. The van der Waals surface area contributed by atoms with Crippen molar-refractivity contribution in [2.45, 2.75) is 19.9 Å². The molecule has 1 aromatic carbocycles. The van der Waals surface area contributed by atoms with Gasteiger partial charge in [0.2, 0.25) is 11.7 Å². The highest BCUT2D eigenvalue weighted by Crippen LogP contribution is 2.21. The summed E-state index contributed by atoms with van der Waals surface area (Å²) in [5, 5.41) is 15.1. The largest absolute Gasteiger partial charge is 0.355 e. The number of hydrogen-bond donors (Lipinski definition) is 2. The third-order valence-corrected chi connectivity index (χ3v) is 2.57. The van der Waals surface area contributed by atoms with Gasteiger partial charge in [-0.1, -0.05) is 0 Å². The van der Waals surface area contributed by atoms with Gasteiger partial charge in [0.1, 0.15) is 11.9 Å². The second kappa shape index (κ2) is 6.73. The highest BCUT2D eigenvalue weighted by Gasteiger charge is 2.24. The topological polar surface area (TPSA) is 101 Å². The number of halogens is 2. The molecule has 0 saturated carbocycles. The van der Waals surface area contributed by atoms with Crippen molar-refractivity contribution in [2.24, 2.45) is 0 Å². The van der Waals surface area contributed by atoms with Gasteiger partial charge in [-0.15, -0.1) is 0 Å². The zero-order valence-corrected chi connectivity index (χ0v) is 11.3. The molecule has 0 bridgehead atoms. The summed E-state index contributed by atoms with van der Waals surface area (Å²) in [5.41, 5.74) is -1.78. The van der Waals surface area contributed by atoms with Crippen LogP contribution in [0.15, 0.2) is 12.1 Å². The number of benzene rings is 1. The average molecular weight is 301 g/mol. The predicted octanol–water partition coefficient (Wildman–Crippen LogP) is 1.13. The smallest absolute Gasteiger partial charge is 0.307 e. The molecule has 0 fully saturated rings. The molecule has 114 valence electrons. The zero-order valence-electron chi connectivity index (χ0n) is 11.3. The number of nitro benzene ring substituents is 1. The highest BCUT2D eigenvalue weighted by atomic mass is 19.1. The van der Waals surface area contributed by atoms with Crippen molar-refractivity contribution < 1.29 is 23.3 Å². The van der Waals surface area contributed by atoms with Crippen molar-refractivity contribution in [1.82, 2.24) is 10.6 Å². The van der Waals surface area contributed by atoms with Crippen LogP contribution in [0.2, 0.25) is 0 Å². The standard InChI is InChI=1S/C12H13F2N3O4/c1-3-15-11(18)6(2)16-12(19)7-4-9(14)10(17(20)21)5-8(7)13/h4-6H,3H2,1-2H3,(H,15,18)(H,16,19). The lowest BCUT2D eigenvalue weighted by Gasteiger charge is -2.13. The Kier molecular flexibility index (Phi) is 5.28. The van der Waals surface area contributed by atoms with Crippen LogP contribution in [0.1, 0.15) is 24.2 Å². The molecule has 1 aromatic rings. The van der Waals surface area contributed by atoms with E-state index in [9.17, 15) is 28.5 Å². The molecular formula is C12H13F2N3O4. The normalized spacial score (nSPS) is 11.6. The van der Waals surface area contributed by atoms with Gasteiger partial charge in [-0.25, -0.2) is 4.39 Å². The predicted molar refractivity (Wildman–Crippen MR) is 68.6 cm³/mol. The number of likely N-dealkylation sites (N-methyl/N-ethyl adjacent to an activating group) is 1. The number of rotatable bonds is 5. The molecule has 0 radical (unpaired) electrons. The Morgan fingerprint density at radius 2 is 1.95 bits per heavy atom. The molecule has 7 nitrogen and oxygen atoms in total. The van der Waals surface area contributed by atoms with Gasteiger partial charge in [-0.05, 0) is 19.9 Å². The van der Waals surface area contributed by atoms with Crippen LogP contribution in [0.4, 0.5) is 14.5 Å². The van der Waals surface area contributed by atoms with Crippen molar-refractivity contribution in [3.63, 3.8) is 0 Å². The number of carbonyl (C=O) groups is 2. The van der Waals surface area contributed by atoms with E-state index in [-0.39, 0.29) is 0 Å². The molecule has 0 spiro atoms. The number of hydrogen-bond acceptors (Lipinski definition) is 4. The first-order chi connectivity index (χ1) is 9.77. The molecule has 0 aliphatic carbocycles. The number of amides is 2. The SMILES string of the molecule is CCNC(=O)C(C)NC(=O)c1cc(F)c([N+](=O)[O-])cc1F. The summed E-state index contributed by atoms with van der Waals surface area (Å²) in [5.74, 6) is -4.12. The minimum absolute atomic E-state index is 0.320. The third-order valence-electron chi connectivity index (χ3n) is 2.57. The first-order valence-electron chi connectivity index (χ1n) is 6.00. The summed E-state index contributed by atoms with van der Waals surface area (Å²) < 4.78 is 27.0. The maximum Gasteiger partial charge on any atom is 0.307 e. The molecule has 2 amide bonds. The minimum Gasteiger partial charge on any atom is -0.355 e. The fourth-order valence-electron chi connectivity index (χ4n) is 1.52. The Bertz CT molecular complexity index is 592. The Balaban J connectivity index is 2.96. The lowest BCUT2D eigenvalue weighted by Crippen LogP contribution is -2.44. The van der Waals surface area contributed by atoms with Crippen LogP contribution >= 0.6 is 0 Å². The Labute approximate surface area is 118 Å². The van der Waals surface area contributed by atoms with E-state index in [0.29, 0.717) is 18.7 Å². The maximum absolute atomic E-state index is 13.6. The van der Waals surface area contributed by atoms with Gasteiger partial charge >= 0.3 is 5.69 Å². The first kappa shape index (κ1) is 16.5. The van der Waals surface area contributed by atoms with Gasteiger partial charge in [0.25, 0.3) is 5.91 Å². The van der Waals surface area contributed by atoms with Gasteiger partial charge in [0, 0.05) is 6.54 Å². The van der Waals surface area contributed by atoms with Crippen molar-refractivity contribution in [3.05, 3.63) is 39.4 Å². The summed E-state index contributed by atoms with van der Waals surface area (Å²) in [6.45, 7) is 3.39. The maximum atomic E-state index is 13.6. The van der Waals surface area contributed by atoms with E-state index in [2.05, 4.69) is 10.6 Å². The monoisotopic (exact) mass is 301 g/mol. The summed E-state index contributed by atoms with van der Waals surface area (Å²) in [4.78, 5) is 32.5. The lowest BCUT2D eigenvalue weighted by molar-refractivity contribution is -0.387. The van der Waals surface area contributed by atoms with Crippen molar-refractivity contribution in [1.29, 1.82) is 0 Å². The zero-order chi connectivity index (χ0) is 16.2. The summed E-state index contributed by atoms with van der Waals surface area (Å²) in [6.07, 6.45) is 0. The second-order valence-corrected chi connectivity index (χ2v) is 4.13. The van der Waals surface area contributed by atoms with E-state index in [4.69, 9.17) is 0 Å². The minimum atomic E-state index is -1.34. The van der Waals surface area contributed by atoms with E-state index in [0.717, 1.165) is 0 Å². The summed E-state index contributed by atoms with van der Waals surface area (Å²) >= 11 is 0. The van der Waals surface area contributed by atoms with Crippen LogP contribution in [-0.2, 0) is 4.79 Å². The third kappa shape index (κ3) is 3.94. The van der Waals surface area contributed by atoms with Gasteiger partial charge < -0.3 is 10.6 Å². The van der Waals surface area contributed by atoms with Crippen LogP contribution in [0.25, 0.3) is 0 Å². The lowest BCUT2D eigenvalue weighted by atomic mass is 10.1. The molecule has 0 saturated heterocycles. The second-order valence-electron chi connectivity index (χ2n) is 4.13. The van der Waals surface area contributed by atoms with Gasteiger partial charge in [0.05, 0.1) is 16.6 Å². The molecule has 1 rings (SSSR count). The van der Waals surface area contributed by atoms with E-state index in [1.807, 2.05) is 0 Å². The number of carbonyl (C=O) groups excluding carboxylic acids is 2. The van der Waals surface area contributed by atoms with E-state index in [1.54, 1.807) is 6.92 Å². The Morgan fingerprint density at radius 3 is 2.48 bits per heavy atom. The Morgan fingerprint density at radius 1 is 1.33 bits per heavy atom. The molecule has 1 unspecified atom stereocenters. The molecule has 0 aromatic heterocycles. The quantitative estimate of drug-likeness (QED) is 0.628. The van der Waals surface area contributed by atoms with Gasteiger partial charge in [-0.3, -0.25) is 19.7 Å². The molecule has 21 heavy (non-hydrogen) atoms. The van der Waals surface area contributed by atoms with E-state index < -0.39 is 45.7 Å². The molecule has 1 atom stereocenters. The first-order valence-corrected chi connectivity index (χ1v) is 6.00. The number of nitrogens with zero attached hydrogens (tertiary/aromatic N) is 1. The van der Waals surface area contributed by atoms with Crippen molar-refractivity contribution >= 4 is 17.5 Å². The van der Waals surface area contributed by atoms with Crippen LogP contribution in [0, 0.1) is 21.7 Å². The Hall–Kier alpha value is -2.58. The number of nitro groups is 1. The highest BCUT2D eigenvalue weighted by molar-refractivity contribution is 5.97. The molecule has 0 heterocycles. The van der Waals surface area contributed by atoms with Crippen LogP contribution in [0.3, 0.4) is 0 Å². The average Bonchev–Trinajstić information content (AvgIpc) is 2.40. The molecule has 0 aliphatic heterocycles. The molecular weight excluding hydrogens is 288 g/mol. The van der Waals surface area contributed by atoms with Crippen LogP contribution < -0.4 is 10.6 Å². The fourth-order valence-corrected chi connectivity index (χ4v) is 1.52. The van der Waals surface area contributed by atoms with E-state index >= 15 is 0 Å². The molecule has 2 N–H and O–H groups in total. The van der Waals surface area contributed by atoms with Gasteiger partial charge in [0.15, 0.2) is 0 Å². The molecule has 9 heteroatoms. The van der Waals surface area contributed by atoms with Crippen LogP contribution in [-0.4, -0.2) is 29.3 Å². The van der Waals surface area contributed by atoms with Crippen LogP contribution in [0.5, 0.6) is 0 Å². The summed E-state index contributed by atoms with van der Waals surface area (Å²) in [6, 6.07) is -0.219. The van der Waals surface area contributed by atoms with Gasteiger partial charge in [-0.2, -0.15) is 4.39 Å².